The van der Waals surface area contributed by atoms with Crippen LogP contribution in [0, 0.1) is 19.8 Å². The van der Waals surface area contributed by atoms with Gasteiger partial charge in [-0.15, -0.1) is 0 Å². The van der Waals surface area contributed by atoms with E-state index in [4.69, 9.17) is 0 Å². The van der Waals surface area contributed by atoms with Crippen LogP contribution in [-0.2, 0) is 0 Å². The molecule has 1 aliphatic rings. The first-order valence-corrected chi connectivity index (χ1v) is 7.26. The summed E-state index contributed by atoms with van der Waals surface area (Å²) in [5.74, 6) is 0.777. The van der Waals surface area contributed by atoms with Crippen LogP contribution in [0.1, 0.15) is 62.0 Å². The number of hydrogen-bond donors (Lipinski definition) is 1. The highest BCUT2D eigenvalue weighted by molar-refractivity contribution is 5.24. The van der Waals surface area contributed by atoms with Crippen molar-refractivity contribution in [2.45, 2.75) is 58.9 Å². The summed E-state index contributed by atoms with van der Waals surface area (Å²) in [5, 5.41) is 12.2. The lowest BCUT2D eigenvalue weighted by molar-refractivity contribution is 0.365. The third-order valence-electron chi connectivity index (χ3n) is 3.96. The molecule has 18 heavy (non-hydrogen) atoms. The van der Waals surface area contributed by atoms with Gasteiger partial charge < -0.3 is 5.32 Å². The number of aromatic nitrogens is 2. The number of nitrogens with zero attached hydrogens (tertiary/aromatic N) is 2. The lowest BCUT2D eigenvalue weighted by Gasteiger charge is -2.26. The molecule has 1 atom stereocenters. The fourth-order valence-electron chi connectivity index (χ4n) is 3.01. The highest BCUT2D eigenvalue weighted by Crippen LogP contribution is 2.36. The summed E-state index contributed by atoms with van der Waals surface area (Å²) in [4.78, 5) is 0. The maximum Gasteiger partial charge on any atom is 0.0648 e. The van der Waals surface area contributed by atoms with Crippen LogP contribution in [0.15, 0.2) is 6.07 Å². The van der Waals surface area contributed by atoms with Crippen LogP contribution in [0.2, 0.25) is 0 Å². The fourth-order valence-corrected chi connectivity index (χ4v) is 3.01. The Balaban J connectivity index is 2.23. The lowest BCUT2D eigenvalue weighted by atomic mass is 9.90. The minimum absolute atomic E-state index is 0.474. The maximum atomic E-state index is 4.29. The van der Waals surface area contributed by atoms with Crippen molar-refractivity contribution < 1.29 is 0 Å². The molecular weight excluding hydrogens is 222 g/mol. The second-order valence-corrected chi connectivity index (χ2v) is 5.50. The van der Waals surface area contributed by atoms with Gasteiger partial charge in [0.15, 0.2) is 0 Å². The molecule has 100 valence electrons. The molecule has 1 N–H and O–H groups in total. The number of rotatable bonds is 5. The summed E-state index contributed by atoms with van der Waals surface area (Å²) in [6, 6.07) is 2.69. The van der Waals surface area contributed by atoms with E-state index in [1.165, 1.54) is 37.7 Å². The van der Waals surface area contributed by atoms with Crippen molar-refractivity contribution in [3.05, 3.63) is 23.0 Å². The Bertz CT molecular complexity index is 383. The molecule has 0 bridgehead atoms. The van der Waals surface area contributed by atoms with Gasteiger partial charge in [0.25, 0.3) is 0 Å². The SMILES string of the molecule is CCCNC(c1cc(C)nnc1C)C1CCCC1. The topological polar surface area (TPSA) is 37.8 Å². The summed E-state index contributed by atoms with van der Waals surface area (Å²) in [6.45, 7) is 7.42. The summed E-state index contributed by atoms with van der Waals surface area (Å²) in [7, 11) is 0. The third kappa shape index (κ3) is 3.08. The first-order valence-electron chi connectivity index (χ1n) is 7.26. The molecule has 1 heterocycles. The van der Waals surface area contributed by atoms with Crippen LogP contribution in [-0.4, -0.2) is 16.7 Å². The molecule has 0 spiro atoms. The van der Waals surface area contributed by atoms with Crippen molar-refractivity contribution in [3.63, 3.8) is 0 Å². The Hall–Kier alpha value is -0.960. The van der Waals surface area contributed by atoms with Crippen molar-refractivity contribution >= 4 is 0 Å². The standard InChI is InChI=1S/C15H25N3/c1-4-9-16-15(13-7-5-6-8-13)14-10-11(2)17-18-12(14)3/h10,13,15-16H,4-9H2,1-3H3. The van der Waals surface area contributed by atoms with Crippen molar-refractivity contribution in [3.8, 4) is 0 Å². The smallest absolute Gasteiger partial charge is 0.0648 e. The molecule has 2 rings (SSSR count). The molecule has 1 saturated carbocycles. The monoisotopic (exact) mass is 247 g/mol. The van der Waals surface area contributed by atoms with Gasteiger partial charge in [0.1, 0.15) is 0 Å². The Morgan fingerprint density at radius 3 is 2.67 bits per heavy atom. The van der Waals surface area contributed by atoms with Gasteiger partial charge in [-0.1, -0.05) is 19.8 Å². The van der Waals surface area contributed by atoms with Crippen LogP contribution in [0.4, 0.5) is 0 Å². The molecule has 1 aromatic heterocycles. The molecular formula is C15H25N3. The predicted octanol–water partition coefficient (Wildman–Crippen LogP) is 3.32. The van der Waals surface area contributed by atoms with E-state index < -0.39 is 0 Å². The van der Waals surface area contributed by atoms with Gasteiger partial charge in [-0.2, -0.15) is 10.2 Å². The molecule has 1 aliphatic carbocycles. The van der Waals surface area contributed by atoms with E-state index in [-0.39, 0.29) is 0 Å². The first kappa shape index (κ1) is 13.5. The summed E-state index contributed by atoms with van der Waals surface area (Å²) >= 11 is 0. The van der Waals surface area contributed by atoms with E-state index in [0.717, 1.165) is 23.9 Å². The molecule has 3 heteroatoms. The second-order valence-electron chi connectivity index (χ2n) is 5.50. The Kier molecular flexibility index (Phi) is 4.70. The molecule has 0 amide bonds. The number of hydrogen-bond acceptors (Lipinski definition) is 3. The molecule has 0 saturated heterocycles. The Morgan fingerprint density at radius 2 is 2.00 bits per heavy atom. The Morgan fingerprint density at radius 1 is 1.28 bits per heavy atom. The summed E-state index contributed by atoms with van der Waals surface area (Å²) in [6.07, 6.45) is 6.64. The minimum atomic E-state index is 0.474. The van der Waals surface area contributed by atoms with Crippen molar-refractivity contribution in [1.29, 1.82) is 0 Å². The predicted molar refractivity (Wildman–Crippen MR) is 74.5 cm³/mol. The van der Waals surface area contributed by atoms with Gasteiger partial charge in [0.05, 0.1) is 11.4 Å². The zero-order valence-corrected chi connectivity index (χ0v) is 11.9. The zero-order valence-electron chi connectivity index (χ0n) is 11.9. The van der Waals surface area contributed by atoms with Gasteiger partial charge in [-0.25, -0.2) is 0 Å². The average Bonchev–Trinajstić information content (AvgIpc) is 2.88. The molecule has 1 fully saturated rings. The number of aryl methyl sites for hydroxylation is 2. The molecule has 1 unspecified atom stereocenters. The summed E-state index contributed by atoms with van der Waals surface area (Å²) < 4.78 is 0. The maximum absolute atomic E-state index is 4.29. The van der Waals surface area contributed by atoms with Crippen molar-refractivity contribution in [2.24, 2.45) is 5.92 Å². The lowest BCUT2D eigenvalue weighted by Crippen LogP contribution is -2.29. The highest BCUT2D eigenvalue weighted by atomic mass is 15.1. The van der Waals surface area contributed by atoms with E-state index in [0.29, 0.717) is 6.04 Å². The molecule has 1 aromatic rings. The Labute approximate surface area is 110 Å². The fraction of sp³-hybridized carbons (Fsp3) is 0.733. The van der Waals surface area contributed by atoms with Crippen molar-refractivity contribution in [1.82, 2.24) is 15.5 Å². The summed E-state index contributed by atoms with van der Waals surface area (Å²) in [5.41, 5.74) is 3.47. The highest BCUT2D eigenvalue weighted by Gasteiger charge is 2.27. The van der Waals surface area contributed by atoms with Crippen molar-refractivity contribution in [2.75, 3.05) is 6.54 Å². The zero-order chi connectivity index (χ0) is 13.0. The second kappa shape index (κ2) is 6.28. The van der Waals surface area contributed by atoms with E-state index in [9.17, 15) is 0 Å². The van der Waals surface area contributed by atoms with E-state index in [1.54, 1.807) is 0 Å². The third-order valence-corrected chi connectivity index (χ3v) is 3.96. The molecule has 0 aromatic carbocycles. The van der Waals surface area contributed by atoms with Gasteiger partial charge in [-0.05, 0) is 57.2 Å². The minimum Gasteiger partial charge on any atom is -0.310 e. The van der Waals surface area contributed by atoms with Gasteiger partial charge >= 0.3 is 0 Å². The van der Waals surface area contributed by atoms with Crippen LogP contribution in [0.5, 0.6) is 0 Å². The van der Waals surface area contributed by atoms with Crippen LogP contribution < -0.4 is 5.32 Å². The van der Waals surface area contributed by atoms with E-state index >= 15 is 0 Å². The van der Waals surface area contributed by atoms with Gasteiger partial charge in [0.2, 0.25) is 0 Å². The van der Waals surface area contributed by atoms with E-state index in [1.807, 2.05) is 6.92 Å². The largest absolute Gasteiger partial charge is 0.310 e. The molecule has 0 radical (unpaired) electrons. The molecule has 3 nitrogen and oxygen atoms in total. The number of nitrogens with one attached hydrogen (secondary N) is 1. The van der Waals surface area contributed by atoms with Crippen LogP contribution >= 0.6 is 0 Å². The van der Waals surface area contributed by atoms with Crippen LogP contribution in [0.25, 0.3) is 0 Å². The van der Waals surface area contributed by atoms with E-state index in [2.05, 4.69) is 35.4 Å². The van der Waals surface area contributed by atoms with Gasteiger partial charge in [-0.3, -0.25) is 0 Å². The molecule has 0 aliphatic heterocycles. The van der Waals surface area contributed by atoms with Gasteiger partial charge in [0, 0.05) is 6.04 Å². The normalized spacial score (nSPS) is 18.2. The van der Waals surface area contributed by atoms with Crippen LogP contribution in [0.3, 0.4) is 0 Å². The quantitative estimate of drug-likeness (QED) is 0.867. The first-order chi connectivity index (χ1) is 8.72. The average molecular weight is 247 g/mol.